The molecule has 0 bridgehead atoms. The zero-order valence-corrected chi connectivity index (χ0v) is 13.3. The molecule has 0 aliphatic carbocycles. The summed E-state index contributed by atoms with van der Waals surface area (Å²) in [6.45, 7) is 8.45. The van der Waals surface area contributed by atoms with Gasteiger partial charge >= 0.3 is 0 Å². The van der Waals surface area contributed by atoms with Crippen LogP contribution in [0.3, 0.4) is 0 Å². The number of carbonyl (C=O) groups excluding carboxylic acids is 2. The summed E-state index contributed by atoms with van der Waals surface area (Å²) in [5.74, 6) is 0.0816. The Bertz CT molecular complexity index is 287. The van der Waals surface area contributed by atoms with Gasteiger partial charge in [-0.1, -0.05) is 0 Å². The maximum atomic E-state index is 11.4. The first-order valence-corrected chi connectivity index (χ1v) is 7.71. The molecule has 0 aromatic rings. The van der Waals surface area contributed by atoms with E-state index in [2.05, 4.69) is 16.0 Å². The Kier molecular flexibility index (Phi) is 13.0. The molecule has 0 saturated carbocycles. The van der Waals surface area contributed by atoms with E-state index in [4.69, 9.17) is 5.11 Å². The highest BCUT2D eigenvalue weighted by atomic mass is 16.3. The summed E-state index contributed by atoms with van der Waals surface area (Å²) in [7, 11) is 0. The number of hydrogen-bond donors (Lipinski definition) is 4. The van der Waals surface area contributed by atoms with Crippen molar-refractivity contribution in [3.63, 3.8) is 0 Å². The van der Waals surface area contributed by atoms with Crippen molar-refractivity contribution in [3.8, 4) is 0 Å². The molecule has 0 fully saturated rings. The van der Waals surface area contributed by atoms with E-state index in [9.17, 15) is 9.59 Å². The average Bonchev–Trinajstić information content (AvgIpc) is 2.45. The van der Waals surface area contributed by atoms with E-state index in [1.165, 1.54) is 0 Å². The van der Waals surface area contributed by atoms with Crippen LogP contribution in [0.4, 0.5) is 0 Å². The summed E-state index contributed by atoms with van der Waals surface area (Å²) in [6.07, 6.45) is 0.902. The lowest BCUT2D eigenvalue weighted by Crippen LogP contribution is -2.37. The van der Waals surface area contributed by atoms with Gasteiger partial charge in [0.15, 0.2) is 0 Å². The smallest absolute Gasteiger partial charge is 0.221 e. The minimum atomic E-state index is 0.0321. The molecule has 0 radical (unpaired) electrons. The fourth-order valence-corrected chi connectivity index (χ4v) is 1.87. The number of hydrogen-bond acceptors (Lipinski definition) is 5. The van der Waals surface area contributed by atoms with E-state index in [0.29, 0.717) is 45.6 Å². The van der Waals surface area contributed by atoms with Crippen LogP contribution < -0.4 is 16.0 Å². The molecule has 0 saturated heterocycles. The van der Waals surface area contributed by atoms with Gasteiger partial charge in [-0.3, -0.25) is 14.5 Å². The monoisotopic (exact) mass is 302 g/mol. The van der Waals surface area contributed by atoms with Gasteiger partial charge in [0.05, 0.1) is 6.61 Å². The van der Waals surface area contributed by atoms with Crippen molar-refractivity contribution in [2.24, 2.45) is 0 Å². The van der Waals surface area contributed by atoms with Gasteiger partial charge in [-0.15, -0.1) is 0 Å². The number of aliphatic hydroxyl groups is 1. The van der Waals surface area contributed by atoms with Gasteiger partial charge < -0.3 is 21.1 Å². The molecule has 124 valence electrons. The molecule has 0 unspecified atom stereocenters. The van der Waals surface area contributed by atoms with Gasteiger partial charge in [0.25, 0.3) is 0 Å². The van der Waals surface area contributed by atoms with Gasteiger partial charge in [-0.2, -0.15) is 0 Å². The van der Waals surface area contributed by atoms with Crippen molar-refractivity contribution in [2.75, 3.05) is 52.4 Å². The number of nitrogens with zero attached hydrogens (tertiary/aromatic N) is 1. The topological polar surface area (TPSA) is 93.7 Å². The Morgan fingerprint density at radius 3 is 2.10 bits per heavy atom. The normalized spacial score (nSPS) is 10.7. The predicted octanol–water partition coefficient (Wildman–Crippen LogP) is -1.08. The zero-order chi connectivity index (χ0) is 15.9. The first-order chi connectivity index (χ1) is 10.1. The van der Waals surface area contributed by atoms with E-state index in [1.54, 1.807) is 0 Å². The number of rotatable bonds is 13. The highest BCUT2D eigenvalue weighted by Gasteiger charge is 2.07. The second-order valence-electron chi connectivity index (χ2n) is 4.72. The summed E-state index contributed by atoms with van der Waals surface area (Å²) < 4.78 is 0. The van der Waals surface area contributed by atoms with Crippen LogP contribution in [0.25, 0.3) is 0 Å². The summed E-state index contributed by atoms with van der Waals surface area (Å²) in [6, 6.07) is 0. The molecule has 0 spiro atoms. The Hall–Kier alpha value is -1.18. The maximum absolute atomic E-state index is 11.4. The van der Waals surface area contributed by atoms with Gasteiger partial charge in [0, 0.05) is 58.7 Å². The number of amides is 2. The largest absolute Gasteiger partial charge is 0.395 e. The Morgan fingerprint density at radius 1 is 0.905 bits per heavy atom. The van der Waals surface area contributed by atoms with Gasteiger partial charge in [0.2, 0.25) is 11.8 Å². The van der Waals surface area contributed by atoms with E-state index >= 15 is 0 Å². The Balaban J connectivity index is 3.73. The van der Waals surface area contributed by atoms with Crippen molar-refractivity contribution in [3.05, 3.63) is 0 Å². The molecule has 0 aliphatic heterocycles. The molecule has 0 aliphatic rings. The van der Waals surface area contributed by atoms with Crippen molar-refractivity contribution in [1.82, 2.24) is 20.9 Å². The van der Waals surface area contributed by atoms with Crippen molar-refractivity contribution in [1.29, 1.82) is 0 Å². The second-order valence-corrected chi connectivity index (χ2v) is 4.72. The predicted molar refractivity (Wildman–Crippen MR) is 83.0 cm³/mol. The van der Waals surface area contributed by atoms with Gasteiger partial charge in [-0.05, 0) is 13.8 Å². The molecule has 7 heteroatoms. The minimum Gasteiger partial charge on any atom is -0.395 e. The van der Waals surface area contributed by atoms with Crippen LogP contribution in [-0.2, 0) is 9.59 Å². The zero-order valence-electron chi connectivity index (χ0n) is 13.3. The van der Waals surface area contributed by atoms with Crippen LogP contribution in [0.5, 0.6) is 0 Å². The van der Waals surface area contributed by atoms with Gasteiger partial charge in [0.1, 0.15) is 0 Å². The second kappa shape index (κ2) is 13.8. The average molecular weight is 302 g/mol. The van der Waals surface area contributed by atoms with Crippen LogP contribution in [0.15, 0.2) is 0 Å². The molecule has 7 nitrogen and oxygen atoms in total. The maximum Gasteiger partial charge on any atom is 0.221 e. The third-order valence-electron chi connectivity index (χ3n) is 2.95. The SMILES string of the molecule is CCNC(=O)CCNCCN(CCO)CCC(=O)NCC. The van der Waals surface area contributed by atoms with Crippen molar-refractivity contribution < 1.29 is 14.7 Å². The molecule has 0 atom stereocenters. The lowest BCUT2D eigenvalue weighted by atomic mass is 10.3. The van der Waals surface area contributed by atoms with Crippen LogP contribution in [-0.4, -0.2) is 74.2 Å². The molecular weight excluding hydrogens is 272 g/mol. The van der Waals surface area contributed by atoms with E-state index < -0.39 is 0 Å². The summed E-state index contributed by atoms with van der Waals surface area (Å²) in [5.41, 5.74) is 0. The van der Waals surface area contributed by atoms with Crippen molar-refractivity contribution in [2.45, 2.75) is 26.7 Å². The lowest BCUT2D eigenvalue weighted by molar-refractivity contribution is -0.122. The molecule has 2 amide bonds. The minimum absolute atomic E-state index is 0.0321. The van der Waals surface area contributed by atoms with Crippen LogP contribution in [0, 0.1) is 0 Å². The molecular formula is C14H30N4O3. The van der Waals surface area contributed by atoms with E-state index in [1.807, 2.05) is 18.7 Å². The standard InChI is InChI=1S/C14H30N4O3/c1-3-16-13(20)5-7-15-8-10-18(11-12-19)9-6-14(21)17-4-2/h15,19H,3-12H2,1-2H3,(H,16,20)(H,17,21). The van der Waals surface area contributed by atoms with E-state index in [0.717, 1.165) is 13.1 Å². The first kappa shape index (κ1) is 19.8. The summed E-state index contributed by atoms with van der Waals surface area (Å²) in [5, 5.41) is 17.7. The third-order valence-corrected chi connectivity index (χ3v) is 2.95. The Morgan fingerprint density at radius 2 is 1.52 bits per heavy atom. The fourth-order valence-electron chi connectivity index (χ4n) is 1.87. The third kappa shape index (κ3) is 12.3. The Labute approximate surface area is 127 Å². The van der Waals surface area contributed by atoms with Crippen LogP contribution in [0.1, 0.15) is 26.7 Å². The highest BCUT2D eigenvalue weighted by Crippen LogP contribution is 1.91. The van der Waals surface area contributed by atoms with Crippen LogP contribution in [0.2, 0.25) is 0 Å². The first-order valence-electron chi connectivity index (χ1n) is 7.71. The molecule has 0 rings (SSSR count). The quantitative estimate of drug-likeness (QED) is 0.325. The van der Waals surface area contributed by atoms with Crippen LogP contribution >= 0.6 is 0 Å². The number of carbonyl (C=O) groups is 2. The molecule has 0 aromatic carbocycles. The van der Waals surface area contributed by atoms with Crippen molar-refractivity contribution >= 4 is 11.8 Å². The molecule has 0 aromatic heterocycles. The number of aliphatic hydroxyl groups excluding tert-OH is 1. The highest BCUT2D eigenvalue weighted by molar-refractivity contribution is 5.76. The van der Waals surface area contributed by atoms with Gasteiger partial charge in [-0.25, -0.2) is 0 Å². The molecule has 0 heterocycles. The summed E-state index contributed by atoms with van der Waals surface area (Å²) >= 11 is 0. The molecule has 4 N–H and O–H groups in total. The van der Waals surface area contributed by atoms with E-state index in [-0.39, 0.29) is 18.4 Å². The fraction of sp³-hybridized carbons (Fsp3) is 0.857. The number of nitrogens with one attached hydrogen (secondary N) is 3. The summed E-state index contributed by atoms with van der Waals surface area (Å²) in [4.78, 5) is 24.7. The lowest BCUT2D eigenvalue weighted by Gasteiger charge is -2.21. The molecule has 21 heavy (non-hydrogen) atoms.